The zero-order valence-corrected chi connectivity index (χ0v) is 13.4. The number of hydrogen-bond donors (Lipinski definition) is 1. The molecule has 0 bridgehead atoms. The fourth-order valence-corrected chi connectivity index (χ4v) is 3.36. The molecule has 0 radical (unpaired) electrons. The van der Waals surface area contributed by atoms with E-state index in [4.69, 9.17) is 5.10 Å². The third-order valence-electron chi connectivity index (χ3n) is 4.98. The molecule has 1 saturated carbocycles. The van der Waals surface area contributed by atoms with Crippen LogP contribution in [0.4, 0.5) is 0 Å². The number of rotatable bonds is 7. The van der Waals surface area contributed by atoms with Crippen LogP contribution in [0, 0.1) is 5.92 Å². The van der Waals surface area contributed by atoms with Gasteiger partial charge in [0.1, 0.15) is 0 Å². The first-order valence-corrected chi connectivity index (χ1v) is 8.54. The molecule has 20 heavy (non-hydrogen) atoms. The van der Waals surface area contributed by atoms with E-state index in [0.29, 0.717) is 12.1 Å². The monoisotopic (exact) mass is 277 g/mol. The lowest BCUT2D eigenvalue weighted by molar-refractivity contribution is 0.284. The Morgan fingerprint density at radius 1 is 1.20 bits per heavy atom. The summed E-state index contributed by atoms with van der Waals surface area (Å²) in [5.41, 5.74) is 1.19. The molecule has 0 aliphatic heterocycles. The smallest absolute Gasteiger partial charge is 0.0762 e. The van der Waals surface area contributed by atoms with E-state index < -0.39 is 0 Å². The molecule has 0 saturated heterocycles. The van der Waals surface area contributed by atoms with E-state index >= 15 is 0 Å². The van der Waals surface area contributed by atoms with Crippen molar-refractivity contribution >= 4 is 0 Å². The summed E-state index contributed by atoms with van der Waals surface area (Å²) in [5.74, 6) is 0.974. The van der Waals surface area contributed by atoms with Gasteiger partial charge in [-0.15, -0.1) is 0 Å². The topological polar surface area (TPSA) is 29.9 Å². The van der Waals surface area contributed by atoms with Gasteiger partial charge in [0, 0.05) is 18.8 Å². The molecule has 1 aromatic heterocycles. The average molecular weight is 277 g/mol. The fourth-order valence-electron chi connectivity index (χ4n) is 3.36. The largest absolute Gasteiger partial charge is 0.308 e. The normalized spacial score (nSPS) is 23.4. The summed E-state index contributed by atoms with van der Waals surface area (Å²) >= 11 is 0. The maximum absolute atomic E-state index is 4.72. The van der Waals surface area contributed by atoms with Gasteiger partial charge in [-0.1, -0.05) is 27.2 Å². The van der Waals surface area contributed by atoms with Crippen molar-refractivity contribution in [3.05, 3.63) is 18.0 Å². The Kier molecular flexibility index (Phi) is 6.08. The summed E-state index contributed by atoms with van der Waals surface area (Å²) in [6.45, 7) is 7.72. The van der Waals surface area contributed by atoms with E-state index in [9.17, 15) is 0 Å². The second-order valence-corrected chi connectivity index (χ2v) is 6.26. The molecule has 0 atom stereocenters. The van der Waals surface area contributed by atoms with E-state index in [0.717, 1.165) is 25.3 Å². The number of nitrogens with zero attached hydrogens (tertiary/aromatic N) is 2. The molecular formula is C17H31N3. The zero-order valence-electron chi connectivity index (χ0n) is 13.4. The molecule has 1 fully saturated rings. The minimum atomic E-state index is 0.559. The molecule has 1 aromatic rings. The average Bonchev–Trinajstić information content (AvgIpc) is 2.96. The van der Waals surface area contributed by atoms with Gasteiger partial charge in [0.15, 0.2) is 0 Å². The number of hydrogen-bond acceptors (Lipinski definition) is 2. The predicted molar refractivity (Wildman–Crippen MR) is 84.7 cm³/mol. The van der Waals surface area contributed by atoms with E-state index in [-0.39, 0.29) is 0 Å². The molecule has 3 nitrogen and oxygen atoms in total. The summed E-state index contributed by atoms with van der Waals surface area (Å²) in [5, 5.41) is 8.42. The van der Waals surface area contributed by atoms with Gasteiger partial charge >= 0.3 is 0 Å². The first-order chi connectivity index (χ1) is 9.76. The van der Waals surface area contributed by atoms with E-state index in [1.54, 1.807) is 0 Å². The lowest BCUT2D eigenvalue weighted by Crippen LogP contribution is -2.32. The molecular weight excluding hydrogens is 246 g/mol. The Balaban J connectivity index is 1.77. The molecule has 1 aliphatic rings. The van der Waals surface area contributed by atoms with E-state index in [2.05, 4.69) is 43.0 Å². The van der Waals surface area contributed by atoms with Crippen molar-refractivity contribution in [3.8, 4) is 0 Å². The number of aromatic nitrogens is 2. The van der Waals surface area contributed by atoms with Crippen molar-refractivity contribution in [1.82, 2.24) is 15.1 Å². The highest BCUT2D eigenvalue weighted by Crippen LogP contribution is 2.26. The van der Waals surface area contributed by atoms with Crippen LogP contribution < -0.4 is 5.32 Å². The standard InChI is InChI=1S/C17H31N3/c1-4-14-7-9-15(10-8-14)18-13-16-11-12-20(19-16)17(5-2)6-3/h11-12,14-15,17-18H,4-10,13H2,1-3H3. The Labute approximate surface area is 124 Å². The van der Waals surface area contributed by atoms with Crippen LogP contribution >= 0.6 is 0 Å². The van der Waals surface area contributed by atoms with Crippen molar-refractivity contribution in [2.24, 2.45) is 5.92 Å². The maximum atomic E-state index is 4.72. The van der Waals surface area contributed by atoms with Crippen LogP contribution in [0.5, 0.6) is 0 Å². The van der Waals surface area contributed by atoms with E-state index in [1.807, 2.05) is 0 Å². The second-order valence-electron chi connectivity index (χ2n) is 6.26. The van der Waals surface area contributed by atoms with Crippen LogP contribution in [0.15, 0.2) is 12.3 Å². The van der Waals surface area contributed by atoms with Gasteiger partial charge in [-0.25, -0.2) is 0 Å². The molecule has 114 valence electrons. The lowest BCUT2D eigenvalue weighted by Gasteiger charge is -2.28. The molecule has 0 spiro atoms. The highest BCUT2D eigenvalue weighted by molar-refractivity contribution is 5.00. The first kappa shape index (κ1) is 15.6. The van der Waals surface area contributed by atoms with Crippen molar-refractivity contribution in [3.63, 3.8) is 0 Å². The molecule has 1 N–H and O–H groups in total. The Bertz CT molecular complexity index is 373. The van der Waals surface area contributed by atoms with Gasteiger partial charge in [0.05, 0.1) is 11.7 Å². The quantitative estimate of drug-likeness (QED) is 0.805. The minimum Gasteiger partial charge on any atom is -0.308 e. The molecule has 0 amide bonds. The Morgan fingerprint density at radius 2 is 1.90 bits per heavy atom. The molecule has 2 rings (SSSR count). The van der Waals surface area contributed by atoms with Crippen LogP contribution in [0.1, 0.15) is 77.5 Å². The highest BCUT2D eigenvalue weighted by atomic mass is 15.3. The van der Waals surface area contributed by atoms with Gasteiger partial charge in [-0.3, -0.25) is 4.68 Å². The SMILES string of the molecule is CCC1CCC(NCc2ccn(C(CC)CC)n2)CC1. The summed E-state index contributed by atoms with van der Waals surface area (Å²) in [6.07, 6.45) is 11.3. The Morgan fingerprint density at radius 3 is 2.50 bits per heavy atom. The molecule has 3 heteroatoms. The van der Waals surface area contributed by atoms with Crippen molar-refractivity contribution < 1.29 is 0 Å². The maximum Gasteiger partial charge on any atom is 0.0762 e. The molecule has 0 unspecified atom stereocenters. The summed E-state index contributed by atoms with van der Waals surface area (Å²) < 4.78 is 2.14. The van der Waals surface area contributed by atoms with Gasteiger partial charge < -0.3 is 5.32 Å². The lowest BCUT2D eigenvalue weighted by atomic mass is 9.84. The number of nitrogens with one attached hydrogen (secondary N) is 1. The highest BCUT2D eigenvalue weighted by Gasteiger charge is 2.19. The summed E-state index contributed by atoms with van der Waals surface area (Å²) in [6, 6.07) is 3.43. The zero-order chi connectivity index (χ0) is 14.4. The van der Waals surface area contributed by atoms with Gasteiger partial charge in [0.25, 0.3) is 0 Å². The minimum absolute atomic E-state index is 0.559. The third-order valence-corrected chi connectivity index (χ3v) is 4.98. The van der Waals surface area contributed by atoms with Crippen LogP contribution in [0.25, 0.3) is 0 Å². The predicted octanol–water partition coefficient (Wildman–Crippen LogP) is 4.30. The van der Waals surface area contributed by atoms with Crippen LogP contribution in [-0.2, 0) is 6.54 Å². The molecule has 1 heterocycles. The van der Waals surface area contributed by atoms with Crippen molar-refractivity contribution in [2.75, 3.05) is 0 Å². The Hall–Kier alpha value is -0.830. The van der Waals surface area contributed by atoms with Gasteiger partial charge in [-0.2, -0.15) is 5.10 Å². The van der Waals surface area contributed by atoms with Crippen LogP contribution in [0.3, 0.4) is 0 Å². The summed E-state index contributed by atoms with van der Waals surface area (Å²) in [4.78, 5) is 0. The first-order valence-electron chi connectivity index (χ1n) is 8.54. The van der Waals surface area contributed by atoms with Gasteiger partial charge in [-0.05, 0) is 50.5 Å². The van der Waals surface area contributed by atoms with E-state index in [1.165, 1.54) is 37.8 Å². The van der Waals surface area contributed by atoms with Gasteiger partial charge in [0.2, 0.25) is 0 Å². The molecule has 0 aromatic carbocycles. The van der Waals surface area contributed by atoms with Crippen molar-refractivity contribution in [1.29, 1.82) is 0 Å². The van der Waals surface area contributed by atoms with Crippen LogP contribution in [-0.4, -0.2) is 15.8 Å². The fraction of sp³-hybridized carbons (Fsp3) is 0.824. The third kappa shape index (κ3) is 4.08. The second kappa shape index (κ2) is 7.82. The van der Waals surface area contributed by atoms with Crippen molar-refractivity contribution in [2.45, 2.75) is 84.3 Å². The van der Waals surface area contributed by atoms with Crippen LogP contribution in [0.2, 0.25) is 0 Å². The molecule has 1 aliphatic carbocycles. The summed E-state index contributed by atoms with van der Waals surface area (Å²) in [7, 11) is 0.